The molecule has 0 spiro atoms. The lowest BCUT2D eigenvalue weighted by Gasteiger charge is -2.38. The van der Waals surface area contributed by atoms with E-state index >= 15 is 0 Å². The second-order valence-electron chi connectivity index (χ2n) is 8.32. The lowest BCUT2D eigenvalue weighted by Crippen LogP contribution is -2.53. The zero-order chi connectivity index (χ0) is 20.5. The van der Waals surface area contributed by atoms with Gasteiger partial charge < -0.3 is 9.47 Å². The number of hydrogen-bond donors (Lipinski definition) is 0. The molecule has 29 heavy (non-hydrogen) atoms. The molecule has 4 amide bonds. The molecule has 0 unspecified atom stereocenters. The number of imide groups is 2. The Balaban J connectivity index is 1.39. The topological polar surface area (TPSA) is 79.4 Å². The molecule has 0 saturated carbocycles. The van der Waals surface area contributed by atoms with Crippen LogP contribution in [0, 0.1) is 5.92 Å². The summed E-state index contributed by atoms with van der Waals surface area (Å²) in [7, 11) is 0. The highest BCUT2D eigenvalue weighted by Gasteiger charge is 2.48. The average molecular weight is 401 g/mol. The molecule has 8 nitrogen and oxygen atoms in total. The van der Waals surface area contributed by atoms with Gasteiger partial charge in [0.1, 0.15) is 12.7 Å². The number of rotatable bonds is 5. The third kappa shape index (κ3) is 3.94. The maximum atomic E-state index is 12.7. The van der Waals surface area contributed by atoms with Crippen LogP contribution in [-0.4, -0.2) is 77.5 Å². The molecular weight excluding hydrogens is 374 g/mol. The lowest BCUT2D eigenvalue weighted by atomic mass is 10.0. The van der Waals surface area contributed by atoms with E-state index in [2.05, 4.69) is 4.90 Å². The molecule has 0 radical (unpaired) electrons. The zero-order valence-corrected chi connectivity index (χ0v) is 16.9. The number of urea groups is 1. The van der Waals surface area contributed by atoms with E-state index in [-0.39, 0.29) is 24.6 Å². The second kappa shape index (κ2) is 8.02. The number of amides is 4. The Morgan fingerprint density at radius 3 is 2.62 bits per heavy atom. The summed E-state index contributed by atoms with van der Waals surface area (Å²) in [5, 5.41) is 0. The quantitative estimate of drug-likeness (QED) is 0.552. The van der Waals surface area contributed by atoms with Crippen LogP contribution in [0.25, 0.3) is 0 Å². The van der Waals surface area contributed by atoms with Crippen molar-refractivity contribution in [3.8, 4) is 11.5 Å². The SMILES string of the molecule is CC(C)CN1C(=O)C(=O)N([C@H]2CCCN(C[C@H]3COc4ccccc4O3)C2)C1=O. The third-order valence-corrected chi connectivity index (χ3v) is 5.51. The number of likely N-dealkylation sites (tertiary alicyclic amines) is 1. The van der Waals surface area contributed by atoms with E-state index in [4.69, 9.17) is 9.47 Å². The first-order valence-corrected chi connectivity index (χ1v) is 10.2. The van der Waals surface area contributed by atoms with Crippen molar-refractivity contribution in [3.63, 3.8) is 0 Å². The Morgan fingerprint density at radius 1 is 1.10 bits per heavy atom. The molecule has 3 heterocycles. The van der Waals surface area contributed by atoms with E-state index in [0.29, 0.717) is 26.1 Å². The lowest BCUT2D eigenvalue weighted by molar-refractivity contribution is -0.144. The van der Waals surface area contributed by atoms with Crippen LogP contribution in [0.15, 0.2) is 24.3 Å². The molecule has 2 atom stereocenters. The molecule has 2 saturated heterocycles. The molecule has 8 heteroatoms. The summed E-state index contributed by atoms with van der Waals surface area (Å²) in [6.45, 7) is 6.61. The molecule has 0 aromatic heterocycles. The molecule has 1 aromatic carbocycles. The van der Waals surface area contributed by atoms with Crippen LogP contribution in [0.5, 0.6) is 11.5 Å². The van der Waals surface area contributed by atoms with Crippen LogP contribution in [0.2, 0.25) is 0 Å². The Hall–Kier alpha value is -2.61. The number of ether oxygens (including phenoxy) is 2. The molecule has 3 aliphatic rings. The monoisotopic (exact) mass is 401 g/mol. The predicted octanol–water partition coefficient (Wildman–Crippen LogP) is 1.74. The minimum atomic E-state index is -0.707. The van der Waals surface area contributed by atoms with Gasteiger partial charge >= 0.3 is 17.8 Å². The Kier molecular flexibility index (Phi) is 5.45. The smallest absolute Gasteiger partial charge is 0.334 e. The van der Waals surface area contributed by atoms with Gasteiger partial charge in [-0.05, 0) is 37.4 Å². The van der Waals surface area contributed by atoms with Gasteiger partial charge in [0.15, 0.2) is 11.5 Å². The van der Waals surface area contributed by atoms with Gasteiger partial charge in [-0.15, -0.1) is 0 Å². The number of para-hydroxylation sites is 2. The maximum Gasteiger partial charge on any atom is 0.334 e. The van der Waals surface area contributed by atoms with Gasteiger partial charge in [-0.1, -0.05) is 26.0 Å². The van der Waals surface area contributed by atoms with Crippen LogP contribution < -0.4 is 9.47 Å². The van der Waals surface area contributed by atoms with E-state index < -0.39 is 17.8 Å². The fourth-order valence-electron chi connectivity index (χ4n) is 4.22. The number of carbonyl (C=O) groups excluding carboxylic acids is 3. The van der Waals surface area contributed by atoms with Crippen LogP contribution >= 0.6 is 0 Å². The molecule has 4 rings (SSSR count). The van der Waals surface area contributed by atoms with E-state index in [0.717, 1.165) is 29.4 Å². The van der Waals surface area contributed by atoms with Gasteiger partial charge in [0.2, 0.25) is 0 Å². The van der Waals surface area contributed by atoms with Crippen LogP contribution in [0.4, 0.5) is 4.79 Å². The third-order valence-electron chi connectivity index (χ3n) is 5.51. The van der Waals surface area contributed by atoms with Crippen molar-refractivity contribution in [2.75, 3.05) is 32.8 Å². The number of fused-ring (bicyclic) bond motifs is 1. The molecule has 156 valence electrons. The number of carbonyl (C=O) groups is 3. The van der Waals surface area contributed by atoms with E-state index in [1.54, 1.807) is 0 Å². The number of hydrogen-bond acceptors (Lipinski definition) is 6. The first kappa shape index (κ1) is 19.7. The standard InChI is InChI=1S/C21H27N3O5/c1-14(2)10-23-19(25)20(26)24(21(23)27)15-6-5-9-22(11-15)12-16-13-28-17-7-3-4-8-18(17)29-16/h3-4,7-8,14-16H,5-6,9-13H2,1-2H3/t15-,16-/m0/s1. The highest BCUT2D eigenvalue weighted by molar-refractivity contribution is 6.44. The fourth-order valence-corrected chi connectivity index (χ4v) is 4.22. The Morgan fingerprint density at radius 2 is 1.86 bits per heavy atom. The first-order valence-electron chi connectivity index (χ1n) is 10.2. The molecule has 0 aliphatic carbocycles. The van der Waals surface area contributed by atoms with Crippen LogP contribution in [0.1, 0.15) is 26.7 Å². The van der Waals surface area contributed by atoms with Gasteiger partial charge in [-0.25, -0.2) is 4.79 Å². The van der Waals surface area contributed by atoms with Crippen molar-refractivity contribution in [1.82, 2.24) is 14.7 Å². The van der Waals surface area contributed by atoms with Gasteiger partial charge in [-0.3, -0.25) is 24.3 Å². The van der Waals surface area contributed by atoms with Crippen molar-refractivity contribution >= 4 is 17.8 Å². The molecule has 1 aromatic rings. The molecule has 3 aliphatic heterocycles. The summed E-state index contributed by atoms with van der Waals surface area (Å²) >= 11 is 0. The number of nitrogens with zero attached hydrogens (tertiary/aromatic N) is 3. The van der Waals surface area contributed by atoms with Crippen LogP contribution in [-0.2, 0) is 9.59 Å². The summed E-state index contributed by atoms with van der Waals surface area (Å²) in [6, 6.07) is 6.81. The normalized spacial score (nSPS) is 25.3. The Labute approximate surface area is 170 Å². The fraction of sp³-hybridized carbons (Fsp3) is 0.571. The van der Waals surface area contributed by atoms with Crippen molar-refractivity contribution in [2.45, 2.75) is 38.8 Å². The highest BCUT2D eigenvalue weighted by Crippen LogP contribution is 2.31. The average Bonchev–Trinajstić information content (AvgIpc) is 2.91. The Bertz CT molecular complexity index is 811. The zero-order valence-electron chi connectivity index (χ0n) is 16.9. The van der Waals surface area contributed by atoms with Gasteiger partial charge in [0.25, 0.3) is 0 Å². The van der Waals surface area contributed by atoms with Crippen molar-refractivity contribution in [3.05, 3.63) is 24.3 Å². The van der Waals surface area contributed by atoms with Gasteiger partial charge in [0.05, 0.1) is 6.04 Å². The first-order chi connectivity index (χ1) is 13.9. The summed E-state index contributed by atoms with van der Waals surface area (Å²) in [5.41, 5.74) is 0. The van der Waals surface area contributed by atoms with E-state index in [1.165, 1.54) is 4.90 Å². The molecule has 2 fully saturated rings. The molecule has 0 N–H and O–H groups in total. The number of piperidine rings is 1. The van der Waals surface area contributed by atoms with Crippen molar-refractivity contribution < 1.29 is 23.9 Å². The molecule has 0 bridgehead atoms. The van der Waals surface area contributed by atoms with Crippen molar-refractivity contribution in [2.24, 2.45) is 5.92 Å². The molecular formula is C21H27N3O5. The number of benzene rings is 1. The van der Waals surface area contributed by atoms with Crippen LogP contribution in [0.3, 0.4) is 0 Å². The summed E-state index contributed by atoms with van der Waals surface area (Å²) in [4.78, 5) is 42.0. The minimum Gasteiger partial charge on any atom is -0.486 e. The largest absolute Gasteiger partial charge is 0.486 e. The predicted molar refractivity (Wildman–Crippen MR) is 105 cm³/mol. The van der Waals surface area contributed by atoms with Crippen molar-refractivity contribution in [1.29, 1.82) is 0 Å². The minimum absolute atomic E-state index is 0.116. The second-order valence-corrected chi connectivity index (χ2v) is 8.32. The maximum absolute atomic E-state index is 12.7. The summed E-state index contributed by atoms with van der Waals surface area (Å²) in [6.07, 6.45) is 1.44. The van der Waals surface area contributed by atoms with Gasteiger partial charge in [-0.2, -0.15) is 0 Å². The summed E-state index contributed by atoms with van der Waals surface area (Å²) < 4.78 is 11.8. The van der Waals surface area contributed by atoms with Gasteiger partial charge in [0, 0.05) is 19.6 Å². The van der Waals surface area contributed by atoms with E-state index in [1.807, 2.05) is 38.1 Å². The van der Waals surface area contributed by atoms with E-state index in [9.17, 15) is 14.4 Å². The summed E-state index contributed by atoms with van der Waals surface area (Å²) in [5.74, 6) is 0.189. The highest BCUT2D eigenvalue weighted by atomic mass is 16.6.